The molecule has 0 aromatic heterocycles. The van der Waals surface area contributed by atoms with E-state index in [1.807, 2.05) is 0 Å². The van der Waals surface area contributed by atoms with E-state index in [9.17, 15) is 0 Å². The second-order valence-electron chi connectivity index (χ2n) is 3.70. The Morgan fingerprint density at radius 2 is 1.82 bits per heavy atom. The van der Waals surface area contributed by atoms with E-state index in [1.54, 1.807) is 0 Å². The van der Waals surface area contributed by atoms with Crippen molar-refractivity contribution >= 4 is 15.9 Å². The highest BCUT2D eigenvalue weighted by molar-refractivity contribution is 9.09. The monoisotopic (exact) mass is 216 g/mol. The molecule has 0 aromatic carbocycles. The summed E-state index contributed by atoms with van der Waals surface area (Å²) in [4.78, 5) is 0. The van der Waals surface area contributed by atoms with Crippen LogP contribution in [-0.4, -0.2) is 5.33 Å². The maximum absolute atomic E-state index is 3.39. The van der Waals surface area contributed by atoms with Gasteiger partial charge < -0.3 is 0 Å². The SMILES string of the molecule is CC(C)(C)C#CCCCCBr. The van der Waals surface area contributed by atoms with Crippen molar-refractivity contribution in [2.75, 3.05) is 5.33 Å². The summed E-state index contributed by atoms with van der Waals surface area (Å²) in [6.45, 7) is 6.43. The zero-order valence-electron chi connectivity index (χ0n) is 7.71. The molecule has 11 heavy (non-hydrogen) atoms. The highest BCUT2D eigenvalue weighted by Crippen LogP contribution is 2.10. The van der Waals surface area contributed by atoms with Crippen LogP contribution in [0.1, 0.15) is 40.0 Å². The Hall–Kier alpha value is 0.0400. The second-order valence-corrected chi connectivity index (χ2v) is 4.49. The van der Waals surface area contributed by atoms with Gasteiger partial charge in [0.05, 0.1) is 0 Å². The van der Waals surface area contributed by atoms with E-state index in [-0.39, 0.29) is 5.41 Å². The van der Waals surface area contributed by atoms with Gasteiger partial charge in [-0.3, -0.25) is 0 Å². The van der Waals surface area contributed by atoms with E-state index in [4.69, 9.17) is 0 Å². The summed E-state index contributed by atoms with van der Waals surface area (Å²) in [6.07, 6.45) is 3.50. The number of unbranched alkanes of at least 4 members (excludes halogenated alkanes) is 2. The molecule has 64 valence electrons. The van der Waals surface area contributed by atoms with Gasteiger partial charge >= 0.3 is 0 Å². The second kappa shape index (κ2) is 5.66. The minimum Gasteiger partial charge on any atom is -0.103 e. The molecule has 0 bridgehead atoms. The van der Waals surface area contributed by atoms with Crippen molar-refractivity contribution in [2.24, 2.45) is 5.41 Å². The molecule has 0 aliphatic heterocycles. The van der Waals surface area contributed by atoms with Gasteiger partial charge in [0.1, 0.15) is 0 Å². The molecule has 0 atom stereocenters. The van der Waals surface area contributed by atoms with E-state index in [0.29, 0.717) is 0 Å². The lowest BCUT2D eigenvalue weighted by Gasteiger charge is -2.06. The molecule has 0 nitrogen and oxygen atoms in total. The number of alkyl halides is 1. The molecule has 1 heteroatoms. The molecule has 0 amide bonds. The van der Waals surface area contributed by atoms with Crippen LogP contribution in [0.25, 0.3) is 0 Å². The maximum atomic E-state index is 3.39. The van der Waals surface area contributed by atoms with Crippen LogP contribution in [0.15, 0.2) is 0 Å². The van der Waals surface area contributed by atoms with Crippen LogP contribution in [0, 0.1) is 17.3 Å². The summed E-state index contributed by atoms with van der Waals surface area (Å²) in [5.74, 6) is 6.40. The molecule has 0 unspecified atom stereocenters. The van der Waals surface area contributed by atoms with E-state index >= 15 is 0 Å². The largest absolute Gasteiger partial charge is 0.103 e. The van der Waals surface area contributed by atoms with Gasteiger partial charge in [-0.25, -0.2) is 0 Å². The lowest BCUT2D eigenvalue weighted by atomic mass is 9.98. The molecule has 0 saturated heterocycles. The Morgan fingerprint density at radius 1 is 1.18 bits per heavy atom. The van der Waals surface area contributed by atoms with Gasteiger partial charge in [0.25, 0.3) is 0 Å². The summed E-state index contributed by atoms with van der Waals surface area (Å²) in [7, 11) is 0. The molecule has 0 radical (unpaired) electrons. The smallest absolute Gasteiger partial charge is 0.0230 e. The minimum atomic E-state index is 0.175. The first-order valence-corrected chi connectivity index (χ1v) is 5.24. The van der Waals surface area contributed by atoms with Crippen molar-refractivity contribution in [1.82, 2.24) is 0 Å². The summed E-state index contributed by atoms with van der Waals surface area (Å²) in [6, 6.07) is 0. The molecule has 0 heterocycles. The Kier molecular flexibility index (Phi) is 5.68. The fraction of sp³-hybridized carbons (Fsp3) is 0.800. The van der Waals surface area contributed by atoms with Gasteiger partial charge in [-0.15, -0.1) is 5.92 Å². The quantitative estimate of drug-likeness (QED) is 0.385. The van der Waals surface area contributed by atoms with E-state index in [2.05, 4.69) is 48.5 Å². The molecule has 0 aliphatic carbocycles. The lowest BCUT2D eigenvalue weighted by molar-refractivity contribution is 0.570. The average molecular weight is 217 g/mol. The van der Waals surface area contributed by atoms with Crippen molar-refractivity contribution in [3.63, 3.8) is 0 Å². The van der Waals surface area contributed by atoms with Crippen molar-refractivity contribution in [3.05, 3.63) is 0 Å². The fourth-order valence-electron chi connectivity index (χ4n) is 0.636. The van der Waals surface area contributed by atoms with Crippen LogP contribution < -0.4 is 0 Å². The third-order valence-electron chi connectivity index (χ3n) is 1.15. The van der Waals surface area contributed by atoms with Crippen molar-refractivity contribution in [1.29, 1.82) is 0 Å². The number of rotatable bonds is 3. The molecular formula is C10H17Br. The summed E-state index contributed by atoms with van der Waals surface area (Å²) in [5.41, 5.74) is 0.175. The number of hydrogen-bond donors (Lipinski definition) is 0. The summed E-state index contributed by atoms with van der Waals surface area (Å²) in [5, 5.41) is 1.10. The molecule has 0 N–H and O–H groups in total. The first kappa shape index (κ1) is 11.0. The van der Waals surface area contributed by atoms with E-state index in [1.165, 1.54) is 12.8 Å². The fourth-order valence-corrected chi connectivity index (χ4v) is 1.03. The summed E-state index contributed by atoms with van der Waals surface area (Å²) >= 11 is 3.39. The molecule has 0 rings (SSSR count). The summed E-state index contributed by atoms with van der Waals surface area (Å²) < 4.78 is 0. The Balaban J connectivity index is 3.41. The third kappa shape index (κ3) is 10.0. The minimum absolute atomic E-state index is 0.175. The zero-order valence-corrected chi connectivity index (χ0v) is 9.29. The van der Waals surface area contributed by atoms with Gasteiger partial charge in [0.2, 0.25) is 0 Å². The van der Waals surface area contributed by atoms with E-state index in [0.717, 1.165) is 11.8 Å². The van der Waals surface area contributed by atoms with Gasteiger partial charge in [-0.2, -0.15) is 0 Å². The predicted molar refractivity (Wildman–Crippen MR) is 54.9 cm³/mol. The highest BCUT2D eigenvalue weighted by Gasteiger charge is 2.02. The molecule has 0 fully saturated rings. The van der Waals surface area contributed by atoms with Gasteiger partial charge in [-0.05, 0) is 33.6 Å². The highest BCUT2D eigenvalue weighted by atomic mass is 79.9. The molecule has 0 saturated carbocycles. The molecule has 0 aromatic rings. The predicted octanol–water partition coefficient (Wildman–Crippen LogP) is 3.60. The Morgan fingerprint density at radius 3 is 2.27 bits per heavy atom. The van der Waals surface area contributed by atoms with Crippen LogP contribution in [0.4, 0.5) is 0 Å². The standard InChI is InChI=1S/C10H17Br/c1-10(2,3)8-6-4-5-7-9-11/h4-5,7,9H2,1-3H3. The van der Waals surface area contributed by atoms with E-state index < -0.39 is 0 Å². The Labute approximate surface area is 78.9 Å². The van der Waals surface area contributed by atoms with Crippen LogP contribution >= 0.6 is 15.9 Å². The molecular weight excluding hydrogens is 200 g/mol. The topological polar surface area (TPSA) is 0 Å². The van der Waals surface area contributed by atoms with Crippen LogP contribution in [0.5, 0.6) is 0 Å². The van der Waals surface area contributed by atoms with Gasteiger partial charge in [0.15, 0.2) is 0 Å². The van der Waals surface area contributed by atoms with Crippen molar-refractivity contribution in [3.8, 4) is 11.8 Å². The zero-order chi connectivity index (χ0) is 8.74. The van der Waals surface area contributed by atoms with Crippen molar-refractivity contribution < 1.29 is 0 Å². The Bertz CT molecular complexity index is 142. The maximum Gasteiger partial charge on any atom is 0.0230 e. The van der Waals surface area contributed by atoms with Gasteiger partial charge in [0, 0.05) is 17.2 Å². The number of hydrogen-bond acceptors (Lipinski definition) is 0. The molecule has 0 spiro atoms. The van der Waals surface area contributed by atoms with Crippen LogP contribution in [0.3, 0.4) is 0 Å². The lowest BCUT2D eigenvalue weighted by Crippen LogP contribution is -1.98. The third-order valence-corrected chi connectivity index (χ3v) is 1.71. The van der Waals surface area contributed by atoms with Gasteiger partial charge in [-0.1, -0.05) is 21.9 Å². The number of halogens is 1. The van der Waals surface area contributed by atoms with Crippen LogP contribution in [-0.2, 0) is 0 Å². The first-order chi connectivity index (χ1) is 5.06. The first-order valence-electron chi connectivity index (χ1n) is 4.12. The molecule has 0 aliphatic rings. The van der Waals surface area contributed by atoms with Crippen molar-refractivity contribution in [2.45, 2.75) is 40.0 Å². The average Bonchev–Trinajstić information content (AvgIpc) is 1.85. The van der Waals surface area contributed by atoms with Crippen LogP contribution in [0.2, 0.25) is 0 Å². The normalized spacial score (nSPS) is 10.5.